The van der Waals surface area contributed by atoms with Gasteiger partial charge in [-0.15, -0.1) is 0 Å². The lowest BCUT2D eigenvalue weighted by Crippen LogP contribution is -2.39. The SMILES string of the molecule is CCCNc1ccn(C[C@@H](COC(c2ccccc2)(c2ccccc2)c2ccccc2)OCP(=O)(OC(C)C)OC(C)C)c(=O)n1. The summed E-state index contributed by atoms with van der Waals surface area (Å²) >= 11 is 0. The van der Waals surface area contributed by atoms with Gasteiger partial charge in [0.2, 0.25) is 0 Å². The number of rotatable bonds is 18. The zero-order valence-electron chi connectivity index (χ0n) is 27.4. The van der Waals surface area contributed by atoms with E-state index in [4.69, 9.17) is 18.5 Å². The van der Waals surface area contributed by atoms with Gasteiger partial charge in [0.1, 0.15) is 17.8 Å². The number of anilines is 1. The molecule has 0 aliphatic rings. The van der Waals surface area contributed by atoms with Gasteiger partial charge in [0.15, 0.2) is 0 Å². The summed E-state index contributed by atoms with van der Waals surface area (Å²) in [7, 11) is -3.65. The lowest BCUT2D eigenvalue weighted by atomic mass is 9.80. The van der Waals surface area contributed by atoms with Crippen LogP contribution in [0.15, 0.2) is 108 Å². The van der Waals surface area contributed by atoms with Crippen LogP contribution in [0.4, 0.5) is 5.82 Å². The third-order valence-corrected chi connectivity index (χ3v) is 9.02. The van der Waals surface area contributed by atoms with Gasteiger partial charge in [-0.1, -0.05) is 97.9 Å². The lowest BCUT2D eigenvalue weighted by Gasteiger charge is -2.37. The van der Waals surface area contributed by atoms with E-state index in [0.717, 1.165) is 23.1 Å². The Balaban J connectivity index is 1.74. The van der Waals surface area contributed by atoms with Crippen LogP contribution in [-0.4, -0.2) is 47.4 Å². The molecule has 0 saturated carbocycles. The van der Waals surface area contributed by atoms with E-state index in [0.29, 0.717) is 12.4 Å². The molecule has 4 rings (SSSR count). The van der Waals surface area contributed by atoms with Gasteiger partial charge >= 0.3 is 13.3 Å². The maximum absolute atomic E-state index is 13.8. The molecule has 9 nitrogen and oxygen atoms in total. The third kappa shape index (κ3) is 9.47. The molecule has 246 valence electrons. The highest BCUT2D eigenvalue weighted by atomic mass is 31.2. The summed E-state index contributed by atoms with van der Waals surface area (Å²) in [6, 6.07) is 31.8. The van der Waals surface area contributed by atoms with Crippen LogP contribution in [0.5, 0.6) is 0 Å². The number of hydrogen-bond donors (Lipinski definition) is 1. The van der Waals surface area contributed by atoms with Crippen molar-refractivity contribution in [1.82, 2.24) is 9.55 Å². The van der Waals surface area contributed by atoms with Crippen LogP contribution in [0.1, 0.15) is 57.7 Å². The van der Waals surface area contributed by atoms with Gasteiger partial charge in [-0.05, 0) is 56.9 Å². The van der Waals surface area contributed by atoms with Gasteiger partial charge in [-0.25, -0.2) is 4.79 Å². The van der Waals surface area contributed by atoms with Crippen molar-refractivity contribution in [1.29, 1.82) is 0 Å². The van der Waals surface area contributed by atoms with Gasteiger partial charge in [0.05, 0.1) is 31.5 Å². The number of hydrogen-bond acceptors (Lipinski definition) is 8. The smallest absolute Gasteiger partial charge is 0.356 e. The minimum absolute atomic E-state index is 0.0321. The first kappa shape index (κ1) is 35.3. The molecule has 0 bridgehead atoms. The van der Waals surface area contributed by atoms with Crippen molar-refractivity contribution in [2.24, 2.45) is 0 Å². The molecule has 10 heteroatoms. The van der Waals surface area contributed by atoms with Crippen molar-refractivity contribution >= 4 is 13.4 Å². The molecule has 0 unspecified atom stereocenters. The first-order valence-corrected chi connectivity index (χ1v) is 17.6. The molecular weight excluding hydrogens is 601 g/mol. The Morgan fingerprint density at radius 2 is 1.30 bits per heavy atom. The van der Waals surface area contributed by atoms with Crippen molar-refractivity contribution in [2.45, 2.75) is 71.5 Å². The monoisotopic (exact) mass is 647 g/mol. The fraction of sp³-hybridized carbons (Fsp3) is 0.389. The molecular formula is C36H46N3O6P. The van der Waals surface area contributed by atoms with Crippen molar-refractivity contribution < 1.29 is 23.1 Å². The van der Waals surface area contributed by atoms with E-state index in [1.54, 1.807) is 40.0 Å². The quantitative estimate of drug-likeness (QED) is 0.0878. The maximum atomic E-state index is 13.8. The van der Waals surface area contributed by atoms with Crippen molar-refractivity contribution in [3.63, 3.8) is 0 Å². The highest BCUT2D eigenvalue weighted by Gasteiger charge is 2.39. The van der Waals surface area contributed by atoms with Crippen molar-refractivity contribution in [3.8, 4) is 0 Å². The van der Waals surface area contributed by atoms with E-state index in [9.17, 15) is 9.36 Å². The Morgan fingerprint density at radius 1 is 0.804 bits per heavy atom. The molecule has 0 radical (unpaired) electrons. The van der Waals surface area contributed by atoms with E-state index in [2.05, 4.69) is 10.3 Å². The van der Waals surface area contributed by atoms with Gasteiger partial charge < -0.3 is 23.8 Å². The molecule has 46 heavy (non-hydrogen) atoms. The summed E-state index contributed by atoms with van der Waals surface area (Å²) in [6.07, 6.45) is 0.840. The van der Waals surface area contributed by atoms with E-state index < -0.39 is 25.0 Å². The molecule has 4 aromatic rings. The highest BCUT2D eigenvalue weighted by molar-refractivity contribution is 7.53. The van der Waals surface area contributed by atoms with E-state index in [1.807, 2.05) is 97.9 Å². The molecule has 1 heterocycles. The Labute approximate surface area is 272 Å². The molecule has 0 aliphatic carbocycles. The predicted octanol–water partition coefficient (Wildman–Crippen LogP) is 7.46. The van der Waals surface area contributed by atoms with E-state index >= 15 is 0 Å². The second-order valence-electron chi connectivity index (χ2n) is 11.6. The molecule has 1 N–H and O–H groups in total. The lowest BCUT2D eigenvalue weighted by molar-refractivity contribution is -0.0648. The summed E-state index contributed by atoms with van der Waals surface area (Å²) < 4.78 is 40.1. The van der Waals surface area contributed by atoms with Crippen LogP contribution in [0.25, 0.3) is 0 Å². The number of aromatic nitrogens is 2. The van der Waals surface area contributed by atoms with Crippen LogP contribution in [0.3, 0.4) is 0 Å². The second-order valence-corrected chi connectivity index (χ2v) is 13.5. The van der Waals surface area contributed by atoms with Gasteiger partial charge in [-0.2, -0.15) is 4.98 Å². The molecule has 1 atom stereocenters. The average molecular weight is 648 g/mol. The van der Waals surface area contributed by atoms with Crippen LogP contribution in [0, 0.1) is 0 Å². The summed E-state index contributed by atoms with van der Waals surface area (Å²) in [6.45, 7) is 10.1. The normalized spacial score (nSPS) is 12.8. The van der Waals surface area contributed by atoms with E-state index in [-0.39, 0.29) is 31.7 Å². The number of nitrogens with one attached hydrogen (secondary N) is 1. The standard InChI is InChI=1S/C36H46N3O6P/c1-6-23-37-34-22-24-39(35(40)38-34)25-33(42-27-46(41,44-28(2)3)45-29(4)5)26-43-36(30-16-10-7-11-17-30,31-18-12-8-13-19-31)32-20-14-9-15-21-32/h7-22,24,28-29,33H,6,23,25-27H2,1-5H3,(H,37,38,40)/t33-/m0/s1. The largest absolute Gasteiger partial charge is 0.370 e. The number of nitrogens with zero attached hydrogens (tertiary/aromatic N) is 2. The fourth-order valence-electron chi connectivity index (χ4n) is 5.20. The molecule has 0 amide bonds. The van der Waals surface area contributed by atoms with Crippen LogP contribution in [0.2, 0.25) is 0 Å². The first-order valence-electron chi connectivity index (χ1n) is 15.8. The molecule has 0 spiro atoms. The zero-order valence-corrected chi connectivity index (χ0v) is 28.3. The summed E-state index contributed by atoms with van der Waals surface area (Å²) in [5, 5.41) is 3.15. The topological polar surface area (TPSA) is 101 Å². The second kappa shape index (κ2) is 16.8. The summed E-state index contributed by atoms with van der Waals surface area (Å²) in [5.74, 6) is 0.508. The molecule has 0 aliphatic heterocycles. The zero-order chi connectivity index (χ0) is 33.0. The Hall–Kier alpha value is -3.59. The minimum Gasteiger partial charge on any atom is -0.370 e. The average Bonchev–Trinajstić information content (AvgIpc) is 3.04. The van der Waals surface area contributed by atoms with Crippen LogP contribution < -0.4 is 11.0 Å². The third-order valence-electron chi connectivity index (χ3n) is 7.07. The minimum atomic E-state index is -3.65. The van der Waals surface area contributed by atoms with Gasteiger partial charge in [0.25, 0.3) is 0 Å². The van der Waals surface area contributed by atoms with Crippen molar-refractivity contribution in [3.05, 3.63) is 130 Å². The first-order chi connectivity index (χ1) is 22.1. The Kier molecular flexibility index (Phi) is 12.9. The Bertz CT molecular complexity index is 1470. The predicted molar refractivity (Wildman–Crippen MR) is 182 cm³/mol. The van der Waals surface area contributed by atoms with Gasteiger partial charge in [-0.3, -0.25) is 9.13 Å². The molecule has 0 saturated heterocycles. The Morgan fingerprint density at radius 3 is 1.74 bits per heavy atom. The molecule has 3 aromatic carbocycles. The number of ether oxygens (including phenoxy) is 2. The summed E-state index contributed by atoms with van der Waals surface area (Å²) in [4.78, 5) is 17.3. The number of benzene rings is 3. The van der Waals surface area contributed by atoms with Gasteiger partial charge in [0, 0.05) is 12.7 Å². The van der Waals surface area contributed by atoms with E-state index in [1.165, 1.54) is 4.57 Å². The van der Waals surface area contributed by atoms with Crippen LogP contribution >= 0.6 is 7.60 Å². The van der Waals surface area contributed by atoms with Crippen molar-refractivity contribution in [2.75, 3.05) is 24.8 Å². The fourth-order valence-corrected chi connectivity index (χ4v) is 7.05. The maximum Gasteiger partial charge on any atom is 0.356 e. The molecule has 1 aromatic heterocycles. The highest BCUT2D eigenvalue weighted by Crippen LogP contribution is 2.51. The van der Waals surface area contributed by atoms with Crippen LogP contribution in [-0.2, 0) is 35.2 Å². The molecule has 0 fully saturated rings. The summed E-state index contributed by atoms with van der Waals surface area (Å²) in [5.41, 5.74) is 1.32.